The van der Waals surface area contributed by atoms with Crippen LogP contribution in [0, 0.1) is 5.82 Å². The minimum Gasteiger partial charge on any atom is -0.369 e. The molecule has 1 aromatic heterocycles. The van der Waals surface area contributed by atoms with E-state index in [1.54, 1.807) is 12.1 Å². The van der Waals surface area contributed by atoms with Gasteiger partial charge in [-0.2, -0.15) is 5.10 Å². The fraction of sp³-hybridized carbons (Fsp3) is 0.357. The van der Waals surface area contributed by atoms with Crippen LogP contribution in [0.4, 0.5) is 10.1 Å². The van der Waals surface area contributed by atoms with Crippen LogP contribution in [-0.4, -0.2) is 40.2 Å². The summed E-state index contributed by atoms with van der Waals surface area (Å²) in [7, 11) is 0. The topological polar surface area (TPSA) is 73.9 Å². The molecule has 0 unspecified atom stereocenters. The van der Waals surface area contributed by atoms with Crippen molar-refractivity contribution in [1.29, 1.82) is 0 Å². The van der Waals surface area contributed by atoms with Crippen LogP contribution in [0.5, 0.6) is 0 Å². The van der Waals surface area contributed by atoms with Gasteiger partial charge < -0.3 is 10.2 Å². The quantitative estimate of drug-likeness (QED) is 0.894. The number of hydrogen-bond acceptors (Lipinski definition) is 4. The molecule has 6 nitrogen and oxygen atoms in total. The van der Waals surface area contributed by atoms with Crippen LogP contribution in [0.1, 0.15) is 23.5 Å². The lowest BCUT2D eigenvalue weighted by molar-refractivity contribution is 0.0921. The molecule has 1 aliphatic heterocycles. The molecule has 2 aromatic rings. The highest BCUT2D eigenvalue weighted by molar-refractivity contribution is 5.90. The van der Waals surface area contributed by atoms with Crippen LogP contribution >= 0.6 is 0 Å². The van der Waals surface area contributed by atoms with Gasteiger partial charge in [-0.25, -0.2) is 9.37 Å². The van der Waals surface area contributed by atoms with E-state index < -0.39 is 0 Å². The van der Waals surface area contributed by atoms with Crippen molar-refractivity contribution in [3.63, 3.8) is 0 Å². The van der Waals surface area contributed by atoms with E-state index in [-0.39, 0.29) is 23.6 Å². The number of anilines is 1. The summed E-state index contributed by atoms with van der Waals surface area (Å²) in [5.41, 5.74) is 0.623. The number of aromatic amines is 1. The number of carbonyl (C=O) groups excluding carboxylic acids is 1. The Labute approximate surface area is 121 Å². The van der Waals surface area contributed by atoms with E-state index in [0.29, 0.717) is 18.8 Å². The molecule has 110 valence electrons. The average molecular weight is 289 g/mol. The van der Waals surface area contributed by atoms with Crippen molar-refractivity contribution in [3.8, 4) is 0 Å². The molecule has 1 aromatic carbocycles. The Morgan fingerprint density at radius 2 is 2.10 bits per heavy atom. The standard InChI is InChI=1S/C14H16FN5O/c15-11-3-1-2-4-12(11)20-7-5-10(6-8-20)18-14(21)13-16-9-17-19-13/h1-4,9-10H,5-8H2,(H,18,21)(H,16,17,19). The number of piperidine rings is 1. The van der Waals surface area contributed by atoms with E-state index >= 15 is 0 Å². The molecule has 1 amide bonds. The summed E-state index contributed by atoms with van der Waals surface area (Å²) in [5.74, 6) is -0.245. The molecule has 0 spiro atoms. The second kappa shape index (κ2) is 5.90. The van der Waals surface area contributed by atoms with Crippen molar-refractivity contribution < 1.29 is 9.18 Å². The Bertz CT molecular complexity index is 608. The van der Waals surface area contributed by atoms with Gasteiger partial charge in [-0.1, -0.05) is 12.1 Å². The molecule has 1 saturated heterocycles. The van der Waals surface area contributed by atoms with Gasteiger partial charge in [0.2, 0.25) is 5.82 Å². The number of benzene rings is 1. The first kappa shape index (κ1) is 13.5. The van der Waals surface area contributed by atoms with Gasteiger partial charge in [0.05, 0.1) is 5.69 Å². The zero-order valence-corrected chi connectivity index (χ0v) is 11.4. The van der Waals surface area contributed by atoms with E-state index in [2.05, 4.69) is 20.5 Å². The van der Waals surface area contributed by atoms with Crippen LogP contribution in [0.2, 0.25) is 0 Å². The Morgan fingerprint density at radius 1 is 1.33 bits per heavy atom. The number of halogens is 1. The van der Waals surface area contributed by atoms with Crippen molar-refractivity contribution in [2.24, 2.45) is 0 Å². The Kier molecular flexibility index (Phi) is 3.81. The summed E-state index contributed by atoms with van der Waals surface area (Å²) >= 11 is 0. The summed E-state index contributed by atoms with van der Waals surface area (Å²) in [6, 6.07) is 6.83. The molecule has 7 heteroatoms. The molecule has 0 saturated carbocycles. The lowest BCUT2D eigenvalue weighted by Crippen LogP contribution is -2.45. The molecule has 0 radical (unpaired) electrons. The lowest BCUT2D eigenvalue weighted by Gasteiger charge is -2.33. The van der Waals surface area contributed by atoms with Gasteiger partial charge in [0.15, 0.2) is 0 Å². The number of rotatable bonds is 3. The molecule has 0 bridgehead atoms. The number of para-hydroxylation sites is 1. The fourth-order valence-corrected chi connectivity index (χ4v) is 2.54. The summed E-state index contributed by atoms with van der Waals surface area (Å²) in [5, 5.41) is 9.10. The summed E-state index contributed by atoms with van der Waals surface area (Å²) in [6.45, 7) is 1.42. The molecule has 3 rings (SSSR count). The highest BCUT2D eigenvalue weighted by atomic mass is 19.1. The second-order valence-electron chi connectivity index (χ2n) is 5.02. The molecule has 2 N–H and O–H groups in total. The van der Waals surface area contributed by atoms with E-state index in [9.17, 15) is 9.18 Å². The van der Waals surface area contributed by atoms with Gasteiger partial charge in [-0.05, 0) is 25.0 Å². The predicted octanol–water partition coefficient (Wildman–Crippen LogP) is 1.34. The Balaban J connectivity index is 1.56. The maximum atomic E-state index is 13.7. The van der Waals surface area contributed by atoms with Gasteiger partial charge in [0.25, 0.3) is 5.91 Å². The molecular formula is C14H16FN5O. The molecule has 21 heavy (non-hydrogen) atoms. The molecule has 2 heterocycles. The summed E-state index contributed by atoms with van der Waals surface area (Å²) < 4.78 is 13.7. The minimum atomic E-state index is -0.253. The van der Waals surface area contributed by atoms with Crippen LogP contribution in [-0.2, 0) is 0 Å². The summed E-state index contributed by atoms with van der Waals surface area (Å²) in [4.78, 5) is 17.7. The van der Waals surface area contributed by atoms with Crippen LogP contribution in [0.25, 0.3) is 0 Å². The molecular weight excluding hydrogens is 273 g/mol. The molecule has 0 atom stereocenters. The molecule has 1 fully saturated rings. The van der Waals surface area contributed by atoms with Crippen molar-refractivity contribution in [2.45, 2.75) is 18.9 Å². The lowest BCUT2D eigenvalue weighted by atomic mass is 10.0. The maximum absolute atomic E-state index is 13.7. The van der Waals surface area contributed by atoms with Crippen LogP contribution < -0.4 is 10.2 Å². The largest absolute Gasteiger partial charge is 0.369 e. The van der Waals surface area contributed by atoms with Gasteiger partial charge in [0, 0.05) is 19.1 Å². The molecule has 1 aliphatic rings. The number of nitrogens with zero attached hydrogens (tertiary/aromatic N) is 3. The van der Waals surface area contributed by atoms with Crippen LogP contribution in [0.15, 0.2) is 30.6 Å². The maximum Gasteiger partial charge on any atom is 0.288 e. The first-order valence-electron chi connectivity index (χ1n) is 6.90. The smallest absolute Gasteiger partial charge is 0.288 e. The van der Waals surface area contributed by atoms with E-state index in [0.717, 1.165) is 12.8 Å². The Morgan fingerprint density at radius 3 is 2.76 bits per heavy atom. The first-order valence-corrected chi connectivity index (χ1v) is 6.90. The predicted molar refractivity (Wildman–Crippen MR) is 75.5 cm³/mol. The molecule has 0 aliphatic carbocycles. The number of nitrogens with one attached hydrogen (secondary N) is 2. The fourth-order valence-electron chi connectivity index (χ4n) is 2.54. The zero-order chi connectivity index (χ0) is 14.7. The summed E-state index contributed by atoms with van der Waals surface area (Å²) in [6.07, 6.45) is 2.85. The third kappa shape index (κ3) is 3.01. The average Bonchev–Trinajstić information content (AvgIpc) is 3.03. The number of amides is 1. The highest BCUT2D eigenvalue weighted by Crippen LogP contribution is 2.22. The van der Waals surface area contributed by atoms with Crippen molar-refractivity contribution in [1.82, 2.24) is 20.5 Å². The highest BCUT2D eigenvalue weighted by Gasteiger charge is 2.23. The van der Waals surface area contributed by atoms with E-state index in [1.165, 1.54) is 12.4 Å². The zero-order valence-electron chi connectivity index (χ0n) is 11.4. The monoisotopic (exact) mass is 289 g/mol. The van der Waals surface area contributed by atoms with Gasteiger partial charge in [0.1, 0.15) is 12.1 Å². The first-order chi connectivity index (χ1) is 10.2. The number of aromatic nitrogens is 3. The van der Waals surface area contributed by atoms with Gasteiger partial charge >= 0.3 is 0 Å². The van der Waals surface area contributed by atoms with Crippen molar-refractivity contribution in [3.05, 3.63) is 42.2 Å². The SMILES string of the molecule is O=C(NC1CCN(c2ccccc2F)CC1)c1ncn[nH]1. The minimum absolute atomic E-state index is 0.0747. The van der Waals surface area contributed by atoms with E-state index in [1.807, 2.05) is 11.0 Å². The van der Waals surface area contributed by atoms with Crippen molar-refractivity contribution >= 4 is 11.6 Å². The Hall–Kier alpha value is -2.44. The normalized spacial score (nSPS) is 16.0. The van der Waals surface area contributed by atoms with Crippen LogP contribution in [0.3, 0.4) is 0 Å². The third-order valence-electron chi connectivity index (χ3n) is 3.65. The number of H-pyrrole nitrogens is 1. The van der Waals surface area contributed by atoms with Gasteiger partial charge in [-0.3, -0.25) is 9.89 Å². The number of carbonyl (C=O) groups is 1. The second-order valence-corrected chi connectivity index (χ2v) is 5.02. The van der Waals surface area contributed by atoms with Gasteiger partial charge in [-0.15, -0.1) is 0 Å². The van der Waals surface area contributed by atoms with E-state index in [4.69, 9.17) is 0 Å². The number of hydrogen-bond donors (Lipinski definition) is 2. The van der Waals surface area contributed by atoms with Crippen molar-refractivity contribution in [2.75, 3.05) is 18.0 Å². The third-order valence-corrected chi connectivity index (χ3v) is 3.65.